The first-order chi connectivity index (χ1) is 11.9. The van der Waals surface area contributed by atoms with E-state index >= 15 is 0 Å². The lowest BCUT2D eigenvalue weighted by Gasteiger charge is -2.15. The van der Waals surface area contributed by atoms with Crippen molar-refractivity contribution < 1.29 is 13.2 Å². The molecule has 2 aliphatic heterocycles. The van der Waals surface area contributed by atoms with Crippen LogP contribution in [-0.4, -0.2) is 51.6 Å². The number of sulfone groups is 1. The van der Waals surface area contributed by atoms with Crippen LogP contribution in [0, 0.1) is 11.8 Å². The standard InChI is InChI=1S/C17H19N3O3S2/c1-25(22,23)14-4-2-3-11(5-14)16(21)15-8-19-17(24-15)20-9-12-6-18-7-13(12)10-20/h2-5,8,12-13,18H,6-7,9-10H2,1H3. The molecule has 6 nitrogen and oxygen atoms in total. The molecule has 0 radical (unpaired) electrons. The predicted molar refractivity (Wildman–Crippen MR) is 97.2 cm³/mol. The molecule has 2 atom stereocenters. The molecule has 8 heteroatoms. The number of thiazole rings is 1. The smallest absolute Gasteiger partial charge is 0.204 e. The van der Waals surface area contributed by atoms with Gasteiger partial charge in [0.1, 0.15) is 0 Å². The van der Waals surface area contributed by atoms with Crippen molar-refractivity contribution in [2.24, 2.45) is 11.8 Å². The number of hydrogen-bond acceptors (Lipinski definition) is 7. The summed E-state index contributed by atoms with van der Waals surface area (Å²) in [6.07, 6.45) is 2.74. The zero-order chi connectivity index (χ0) is 17.6. The number of nitrogens with one attached hydrogen (secondary N) is 1. The Hall–Kier alpha value is -1.77. The van der Waals surface area contributed by atoms with Gasteiger partial charge in [0, 0.05) is 38.0 Å². The number of nitrogens with zero attached hydrogens (tertiary/aromatic N) is 2. The summed E-state index contributed by atoms with van der Waals surface area (Å²) in [4.78, 5) is 20.1. The van der Waals surface area contributed by atoms with E-state index in [2.05, 4.69) is 15.2 Å². The van der Waals surface area contributed by atoms with Crippen LogP contribution in [0.15, 0.2) is 35.4 Å². The van der Waals surface area contributed by atoms with Crippen molar-refractivity contribution in [3.63, 3.8) is 0 Å². The average molecular weight is 377 g/mol. The first kappa shape index (κ1) is 16.7. The van der Waals surface area contributed by atoms with Crippen LogP contribution in [0.25, 0.3) is 0 Å². The van der Waals surface area contributed by atoms with Gasteiger partial charge < -0.3 is 10.2 Å². The van der Waals surface area contributed by atoms with Gasteiger partial charge in [-0.3, -0.25) is 4.79 Å². The number of fused-ring (bicyclic) bond motifs is 1. The topological polar surface area (TPSA) is 79.4 Å². The van der Waals surface area contributed by atoms with Gasteiger partial charge in [-0.05, 0) is 24.0 Å². The summed E-state index contributed by atoms with van der Waals surface area (Å²) in [5.41, 5.74) is 0.376. The number of rotatable bonds is 4. The van der Waals surface area contributed by atoms with Gasteiger partial charge in [0.2, 0.25) is 5.78 Å². The molecule has 1 aromatic carbocycles. The highest BCUT2D eigenvalue weighted by Crippen LogP contribution is 2.33. The third-order valence-electron chi connectivity index (χ3n) is 4.90. The van der Waals surface area contributed by atoms with E-state index in [0.29, 0.717) is 22.3 Å². The highest BCUT2D eigenvalue weighted by molar-refractivity contribution is 7.90. The first-order valence-electron chi connectivity index (χ1n) is 8.18. The van der Waals surface area contributed by atoms with Crippen molar-refractivity contribution in [2.45, 2.75) is 4.90 Å². The zero-order valence-corrected chi connectivity index (χ0v) is 15.4. The van der Waals surface area contributed by atoms with Crippen LogP contribution in [0.5, 0.6) is 0 Å². The maximum Gasteiger partial charge on any atom is 0.204 e. The van der Waals surface area contributed by atoms with Gasteiger partial charge in [-0.1, -0.05) is 23.5 Å². The fourth-order valence-electron chi connectivity index (χ4n) is 3.54. The Morgan fingerprint density at radius 3 is 2.68 bits per heavy atom. The molecule has 25 heavy (non-hydrogen) atoms. The lowest BCUT2D eigenvalue weighted by molar-refractivity contribution is 0.104. The fourth-order valence-corrected chi connectivity index (χ4v) is 5.10. The second-order valence-electron chi connectivity index (χ2n) is 6.72. The van der Waals surface area contributed by atoms with E-state index in [9.17, 15) is 13.2 Å². The molecule has 2 aliphatic rings. The Morgan fingerprint density at radius 2 is 2.00 bits per heavy atom. The van der Waals surface area contributed by atoms with Gasteiger partial charge in [-0.15, -0.1) is 0 Å². The SMILES string of the molecule is CS(=O)(=O)c1cccc(C(=O)c2cnc(N3CC4CNCC4C3)s2)c1. The highest BCUT2D eigenvalue weighted by atomic mass is 32.2. The van der Waals surface area contributed by atoms with Crippen molar-refractivity contribution in [1.29, 1.82) is 0 Å². The third kappa shape index (κ3) is 3.21. The minimum atomic E-state index is -3.34. The number of carbonyl (C=O) groups is 1. The molecule has 3 heterocycles. The Balaban J connectivity index is 1.55. The predicted octanol–water partition coefficient (Wildman–Crippen LogP) is 1.43. The molecule has 4 rings (SSSR count). The molecule has 1 N–H and O–H groups in total. The first-order valence-corrected chi connectivity index (χ1v) is 10.9. The number of anilines is 1. The largest absolute Gasteiger partial charge is 0.347 e. The fraction of sp³-hybridized carbons (Fsp3) is 0.412. The average Bonchev–Trinajstić information content (AvgIpc) is 3.28. The maximum absolute atomic E-state index is 12.7. The molecular formula is C17H19N3O3S2. The summed E-state index contributed by atoms with van der Waals surface area (Å²) in [5, 5.41) is 4.28. The minimum Gasteiger partial charge on any atom is -0.347 e. The van der Waals surface area contributed by atoms with Crippen LogP contribution in [-0.2, 0) is 9.84 Å². The monoisotopic (exact) mass is 377 g/mol. The summed E-state index contributed by atoms with van der Waals surface area (Å²) in [7, 11) is -3.34. The quantitative estimate of drug-likeness (QED) is 0.812. The van der Waals surface area contributed by atoms with Crippen molar-refractivity contribution in [3.8, 4) is 0 Å². The summed E-state index contributed by atoms with van der Waals surface area (Å²) in [5.74, 6) is 1.14. The number of carbonyl (C=O) groups excluding carboxylic acids is 1. The second kappa shape index (κ2) is 6.19. The van der Waals surface area contributed by atoms with Crippen molar-refractivity contribution in [3.05, 3.63) is 40.9 Å². The Kier molecular flexibility index (Phi) is 4.13. The lowest BCUT2D eigenvalue weighted by atomic mass is 10.0. The number of benzene rings is 1. The molecule has 0 aliphatic carbocycles. The molecule has 0 spiro atoms. The van der Waals surface area contributed by atoms with Gasteiger partial charge in [-0.25, -0.2) is 13.4 Å². The van der Waals surface area contributed by atoms with Crippen LogP contribution in [0.4, 0.5) is 5.13 Å². The molecular weight excluding hydrogens is 358 g/mol. The summed E-state index contributed by atoms with van der Waals surface area (Å²) < 4.78 is 23.4. The highest BCUT2D eigenvalue weighted by Gasteiger charge is 2.37. The normalized spacial score (nSPS) is 23.0. The van der Waals surface area contributed by atoms with E-state index in [4.69, 9.17) is 0 Å². The zero-order valence-electron chi connectivity index (χ0n) is 13.8. The van der Waals surface area contributed by atoms with E-state index in [1.165, 1.54) is 23.5 Å². The number of ketones is 1. The van der Waals surface area contributed by atoms with Crippen molar-refractivity contribution in [2.75, 3.05) is 37.3 Å². The van der Waals surface area contributed by atoms with Gasteiger partial charge in [0.25, 0.3) is 0 Å². The lowest BCUT2D eigenvalue weighted by Crippen LogP contribution is -2.25. The van der Waals surface area contributed by atoms with E-state index < -0.39 is 9.84 Å². The van der Waals surface area contributed by atoms with Crippen LogP contribution in [0.3, 0.4) is 0 Å². The summed E-state index contributed by atoms with van der Waals surface area (Å²) in [6, 6.07) is 6.17. The van der Waals surface area contributed by atoms with Crippen LogP contribution in [0.1, 0.15) is 15.2 Å². The van der Waals surface area contributed by atoms with E-state index in [-0.39, 0.29) is 10.7 Å². The van der Waals surface area contributed by atoms with Crippen molar-refractivity contribution >= 4 is 32.1 Å². The van der Waals surface area contributed by atoms with Crippen LogP contribution in [0.2, 0.25) is 0 Å². The van der Waals surface area contributed by atoms with Gasteiger partial charge in [0.15, 0.2) is 15.0 Å². The Bertz CT molecular complexity index is 911. The molecule has 2 aromatic rings. The van der Waals surface area contributed by atoms with E-state index in [0.717, 1.165) is 37.6 Å². The summed E-state index contributed by atoms with van der Waals surface area (Å²) in [6.45, 7) is 4.05. The van der Waals surface area contributed by atoms with Gasteiger partial charge >= 0.3 is 0 Å². The van der Waals surface area contributed by atoms with Crippen LogP contribution < -0.4 is 10.2 Å². The molecule has 0 saturated carbocycles. The van der Waals surface area contributed by atoms with E-state index in [1.54, 1.807) is 18.3 Å². The van der Waals surface area contributed by atoms with Crippen molar-refractivity contribution in [1.82, 2.24) is 10.3 Å². The number of hydrogen-bond donors (Lipinski definition) is 1. The Morgan fingerprint density at radius 1 is 1.28 bits per heavy atom. The third-order valence-corrected chi connectivity index (χ3v) is 7.07. The molecule has 2 saturated heterocycles. The molecule has 2 unspecified atom stereocenters. The van der Waals surface area contributed by atoms with Crippen LogP contribution >= 0.6 is 11.3 Å². The molecule has 0 amide bonds. The van der Waals surface area contributed by atoms with Gasteiger partial charge in [-0.2, -0.15) is 0 Å². The second-order valence-corrected chi connectivity index (χ2v) is 9.74. The van der Waals surface area contributed by atoms with Gasteiger partial charge in [0.05, 0.1) is 16.0 Å². The number of aromatic nitrogens is 1. The molecule has 0 bridgehead atoms. The maximum atomic E-state index is 12.7. The molecule has 132 valence electrons. The summed E-state index contributed by atoms with van der Waals surface area (Å²) >= 11 is 1.38. The van der Waals surface area contributed by atoms with E-state index in [1.807, 2.05) is 0 Å². The minimum absolute atomic E-state index is 0.156. The molecule has 1 aromatic heterocycles. The molecule has 2 fully saturated rings. The Labute approximate surface area is 150 Å².